The minimum Gasteiger partial charge on any atom is -0.215 e. The van der Waals surface area contributed by atoms with Crippen LogP contribution in [0, 0.1) is 0 Å². The largest absolute Gasteiger partial charge is 0.416 e. The van der Waals surface area contributed by atoms with Crippen LogP contribution in [0.3, 0.4) is 0 Å². The number of hydrogen-bond donors (Lipinski definition) is 1. The molecule has 1 unspecified atom stereocenters. The van der Waals surface area contributed by atoms with Crippen LogP contribution in [0.5, 0.6) is 0 Å². The van der Waals surface area contributed by atoms with Gasteiger partial charge in [-0.25, -0.2) is 13.1 Å². The average Bonchev–Trinajstić information content (AvgIpc) is 2.26. The van der Waals surface area contributed by atoms with Gasteiger partial charge in [-0.05, 0) is 24.0 Å². The zero-order valence-corrected chi connectivity index (χ0v) is 11.5. The number of halogens is 3. The first-order valence-corrected chi connectivity index (χ1v) is 7.60. The van der Waals surface area contributed by atoms with Crippen LogP contribution in [0.2, 0.25) is 0 Å². The Kier molecular flexibility index (Phi) is 4.98. The minimum atomic E-state index is -4.36. The quantitative estimate of drug-likeness (QED) is 0.908. The van der Waals surface area contributed by atoms with Crippen molar-refractivity contribution in [1.82, 2.24) is 4.72 Å². The van der Waals surface area contributed by atoms with Gasteiger partial charge in [-0.1, -0.05) is 25.1 Å². The van der Waals surface area contributed by atoms with E-state index >= 15 is 0 Å². The first-order chi connectivity index (χ1) is 8.59. The number of hydrogen-bond acceptors (Lipinski definition) is 2. The zero-order chi connectivity index (χ0) is 14.7. The van der Waals surface area contributed by atoms with Crippen LogP contribution in [-0.2, 0) is 16.2 Å². The number of sulfonamides is 1. The predicted molar refractivity (Wildman–Crippen MR) is 67.3 cm³/mol. The molecule has 108 valence electrons. The molecule has 1 aromatic carbocycles. The van der Waals surface area contributed by atoms with Crippen molar-refractivity contribution >= 4 is 10.0 Å². The Morgan fingerprint density at radius 3 is 2.47 bits per heavy atom. The summed E-state index contributed by atoms with van der Waals surface area (Å²) >= 11 is 0. The summed E-state index contributed by atoms with van der Waals surface area (Å²) in [5.41, 5.74) is -0.141. The second-order valence-electron chi connectivity index (χ2n) is 4.48. The fourth-order valence-electron chi connectivity index (χ4n) is 1.65. The van der Waals surface area contributed by atoms with Gasteiger partial charge in [0, 0.05) is 6.54 Å². The summed E-state index contributed by atoms with van der Waals surface area (Å²) < 4.78 is 61.7. The highest BCUT2D eigenvalue weighted by atomic mass is 32.2. The molecular weight excluding hydrogens is 279 g/mol. The molecule has 1 rings (SSSR count). The molecule has 0 heterocycles. The Morgan fingerprint density at radius 1 is 1.32 bits per heavy atom. The second kappa shape index (κ2) is 5.92. The summed E-state index contributed by atoms with van der Waals surface area (Å²) in [7, 11) is -3.26. The molecule has 7 heteroatoms. The molecule has 0 aliphatic carbocycles. The van der Waals surface area contributed by atoms with Crippen molar-refractivity contribution in [2.45, 2.75) is 25.4 Å². The molecule has 19 heavy (non-hydrogen) atoms. The molecule has 0 saturated heterocycles. The van der Waals surface area contributed by atoms with Gasteiger partial charge in [0.25, 0.3) is 0 Å². The van der Waals surface area contributed by atoms with E-state index in [0.717, 1.165) is 18.4 Å². The molecule has 0 saturated carbocycles. The third-order valence-electron chi connectivity index (χ3n) is 2.72. The van der Waals surface area contributed by atoms with Gasteiger partial charge in [0.2, 0.25) is 10.0 Å². The summed E-state index contributed by atoms with van der Waals surface area (Å²) in [6.07, 6.45) is -2.88. The smallest absolute Gasteiger partial charge is 0.215 e. The van der Waals surface area contributed by atoms with Crippen LogP contribution >= 0.6 is 0 Å². The van der Waals surface area contributed by atoms with Gasteiger partial charge < -0.3 is 0 Å². The van der Waals surface area contributed by atoms with E-state index in [1.807, 2.05) is 0 Å². The van der Waals surface area contributed by atoms with Gasteiger partial charge in [0.05, 0.1) is 11.8 Å². The van der Waals surface area contributed by atoms with Gasteiger partial charge in [-0.3, -0.25) is 0 Å². The molecule has 0 aliphatic heterocycles. The zero-order valence-electron chi connectivity index (χ0n) is 10.7. The lowest BCUT2D eigenvalue weighted by Gasteiger charge is -2.14. The molecule has 0 fully saturated rings. The lowest BCUT2D eigenvalue weighted by atomic mass is 9.96. The van der Waals surface area contributed by atoms with E-state index in [0.29, 0.717) is 12.0 Å². The van der Waals surface area contributed by atoms with Crippen molar-refractivity contribution in [1.29, 1.82) is 0 Å². The van der Waals surface area contributed by atoms with Crippen molar-refractivity contribution in [2.75, 3.05) is 12.8 Å². The summed E-state index contributed by atoms with van der Waals surface area (Å²) in [6.45, 7) is 1.97. The van der Waals surface area contributed by atoms with Gasteiger partial charge in [0.15, 0.2) is 0 Å². The predicted octanol–water partition coefficient (Wildman–Crippen LogP) is 2.75. The fraction of sp³-hybridized carbons (Fsp3) is 0.500. The van der Waals surface area contributed by atoms with Gasteiger partial charge in [-0.2, -0.15) is 13.2 Å². The van der Waals surface area contributed by atoms with Crippen molar-refractivity contribution in [2.24, 2.45) is 0 Å². The first kappa shape index (κ1) is 16.0. The van der Waals surface area contributed by atoms with E-state index < -0.39 is 21.8 Å². The third kappa shape index (κ3) is 5.61. The Morgan fingerprint density at radius 2 is 1.95 bits per heavy atom. The number of nitrogens with one attached hydrogen (secondary N) is 1. The van der Waals surface area contributed by atoms with E-state index in [4.69, 9.17) is 0 Å². The number of benzene rings is 1. The molecule has 0 aliphatic rings. The molecule has 0 spiro atoms. The van der Waals surface area contributed by atoms with Crippen LogP contribution in [-0.4, -0.2) is 21.2 Å². The maximum Gasteiger partial charge on any atom is 0.416 e. The summed E-state index contributed by atoms with van der Waals surface area (Å²) in [5.74, 6) is -0.156. The van der Waals surface area contributed by atoms with E-state index in [9.17, 15) is 21.6 Å². The summed E-state index contributed by atoms with van der Waals surface area (Å²) in [5, 5.41) is 0. The molecule has 1 aromatic rings. The Balaban J connectivity index is 2.70. The highest BCUT2D eigenvalue weighted by Crippen LogP contribution is 2.31. The lowest BCUT2D eigenvalue weighted by Crippen LogP contribution is -2.24. The van der Waals surface area contributed by atoms with Crippen molar-refractivity contribution in [3.8, 4) is 0 Å². The maximum atomic E-state index is 12.5. The third-order valence-corrected chi connectivity index (χ3v) is 3.45. The van der Waals surface area contributed by atoms with Crippen LogP contribution in [0.25, 0.3) is 0 Å². The normalized spacial score (nSPS) is 14.4. The molecular formula is C12H16F3NO2S. The average molecular weight is 295 g/mol. The van der Waals surface area contributed by atoms with Crippen molar-refractivity contribution in [3.05, 3.63) is 35.4 Å². The molecule has 0 bridgehead atoms. The number of alkyl halides is 3. The Hall–Kier alpha value is -1.08. The van der Waals surface area contributed by atoms with Crippen molar-refractivity contribution in [3.63, 3.8) is 0 Å². The highest BCUT2D eigenvalue weighted by molar-refractivity contribution is 7.88. The van der Waals surface area contributed by atoms with Crippen LogP contribution in [0.15, 0.2) is 24.3 Å². The Bertz CT molecular complexity index is 526. The monoisotopic (exact) mass is 295 g/mol. The minimum absolute atomic E-state index is 0.156. The SMILES string of the molecule is CC(CCNS(C)(=O)=O)c1cccc(C(F)(F)F)c1. The standard InChI is InChI=1S/C12H16F3NO2S/c1-9(6-7-16-19(2,17)18)10-4-3-5-11(8-10)12(13,14)15/h3-5,8-9,16H,6-7H2,1-2H3. The van der Waals surface area contributed by atoms with Crippen LogP contribution in [0.1, 0.15) is 30.4 Å². The van der Waals surface area contributed by atoms with E-state index in [1.54, 1.807) is 13.0 Å². The summed E-state index contributed by atoms with van der Waals surface area (Å²) in [6, 6.07) is 5.09. The lowest BCUT2D eigenvalue weighted by molar-refractivity contribution is -0.137. The molecule has 1 N–H and O–H groups in total. The van der Waals surface area contributed by atoms with Crippen LogP contribution in [0.4, 0.5) is 13.2 Å². The molecule has 0 radical (unpaired) electrons. The van der Waals surface area contributed by atoms with Gasteiger partial charge >= 0.3 is 6.18 Å². The highest BCUT2D eigenvalue weighted by Gasteiger charge is 2.30. The van der Waals surface area contributed by atoms with Crippen LogP contribution < -0.4 is 4.72 Å². The fourth-order valence-corrected chi connectivity index (χ4v) is 2.14. The molecule has 3 nitrogen and oxygen atoms in total. The summed E-state index contributed by atoms with van der Waals surface area (Å²) in [4.78, 5) is 0. The second-order valence-corrected chi connectivity index (χ2v) is 6.31. The molecule has 0 amide bonds. The van der Waals surface area contributed by atoms with E-state index in [-0.39, 0.29) is 12.5 Å². The van der Waals surface area contributed by atoms with E-state index in [2.05, 4.69) is 4.72 Å². The van der Waals surface area contributed by atoms with Gasteiger partial charge in [0.1, 0.15) is 0 Å². The maximum absolute atomic E-state index is 12.5. The molecule has 1 atom stereocenters. The van der Waals surface area contributed by atoms with Crippen molar-refractivity contribution < 1.29 is 21.6 Å². The van der Waals surface area contributed by atoms with Gasteiger partial charge in [-0.15, -0.1) is 0 Å². The van der Waals surface area contributed by atoms with E-state index in [1.165, 1.54) is 6.07 Å². The topological polar surface area (TPSA) is 46.2 Å². The Labute approximate surface area is 110 Å². The first-order valence-electron chi connectivity index (χ1n) is 5.71. The molecule has 0 aromatic heterocycles. The number of rotatable bonds is 5.